The number of carbonyl (C=O) groups excluding carboxylic acids is 1. The Labute approximate surface area is 215 Å². The van der Waals surface area contributed by atoms with Crippen LogP contribution < -0.4 is 14.8 Å². The number of ether oxygens (including phenoxy) is 3. The van der Waals surface area contributed by atoms with Gasteiger partial charge in [0.2, 0.25) is 0 Å². The molecule has 1 amide bonds. The van der Waals surface area contributed by atoms with Gasteiger partial charge in [-0.2, -0.15) is 5.26 Å². The van der Waals surface area contributed by atoms with E-state index in [2.05, 4.69) is 16.3 Å². The summed E-state index contributed by atoms with van der Waals surface area (Å²) in [7, 11) is 0. The Balaban J connectivity index is 1.22. The molecular weight excluding hydrogens is 480 g/mol. The Kier molecular flexibility index (Phi) is 9.22. The molecule has 0 radical (unpaired) electrons. The van der Waals surface area contributed by atoms with Gasteiger partial charge in [-0.1, -0.05) is 11.6 Å². The van der Waals surface area contributed by atoms with E-state index in [1.807, 2.05) is 16.7 Å². The zero-order valence-electron chi connectivity index (χ0n) is 20.0. The standard InChI is InChI=1S/C27H29ClN4O4/c28-22-4-7-24(8-5-22)32-12-10-25(20-32)36-27(33)30-23-6-9-26(21(18-23)19-29)35-15-3-1-2-11-31-13-16-34-17-14-31/h4-10,12,18,20H,1-3,11,13-17H2,(H,30,33). The Morgan fingerprint density at radius 1 is 1.08 bits per heavy atom. The van der Waals surface area contributed by atoms with Crippen molar-refractivity contribution >= 4 is 23.4 Å². The van der Waals surface area contributed by atoms with Crippen LogP contribution in [-0.4, -0.2) is 55.0 Å². The van der Waals surface area contributed by atoms with E-state index in [1.165, 1.54) is 0 Å². The molecule has 0 bridgehead atoms. The molecule has 1 aromatic heterocycles. The highest BCUT2D eigenvalue weighted by Crippen LogP contribution is 2.23. The molecule has 0 atom stereocenters. The molecule has 1 saturated heterocycles. The summed E-state index contributed by atoms with van der Waals surface area (Å²) in [5, 5.41) is 12.8. The van der Waals surface area contributed by atoms with Gasteiger partial charge in [-0.3, -0.25) is 10.2 Å². The molecule has 0 aliphatic carbocycles. The number of hydrogen-bond donors (Lipinski definition) is 1. The highest BCUT2D eigenvalue weighted by atomic mass is 35.5. The smallest absolute Gasteiger partial charge is 0.417 e. The average Bonchev–Trinajstić information content (AvgIpc) is 3.36. The van der Waals surface area contributed by atoms with E-state index in [4.69, 9.17) is 25.8 Å². The molecular formula is C27H29ClN4O4. The summed E-state index contributed by atoms with van der Waals surface area (Å²) in [6, 6.07) is 16.1. The molecule has 1 aliphatic rings. The van der Waals surface area contributed by atoms with Crippen LogP contribution in [0.1, 0.15) is 24.8 Å². The topological polar surface area (TPSA) is 88.8 Å². The molecule has 9 heteroatoms. The molecule has 1 N–H and O–H groups in total. The molecule has 2 aromatic carbocycles. The van der Waals surface area contributed by atoms with Gasteiger partial charge in [-0.25, -0.2) is 4.79 Å². The minimum atomic E-state index is -0.651. The second kappa shape index (κ2) is 13.0. The van der Waals surface area contributed by atoms with Gasteiger partial charge >= 0.3 is 6.09 Å². The van der Waals surface area contributed by atoms with Gasteiger partial charge in [0.25, 0.3) is 0 Å². The van der Waals surface area contributed by atoms with Crippen molar-refractivity contribution < 1.29 is 19.0 Å². The van der Waals surface area contributed by atoms with E-state index in [1.54, 1.807) is 48.8 Å². The second-order valence-corrected chi connectivity index (χ2v) is 8.87. The molecule has 0 unspecified atom stereocenters. The minimum absolute atomic E-state index is 0.356. The van der Waals surface area contributed by atoms with Crippen LogP contribution in [0.4, 0.5) is 10.5 Å². The fourth-order valence-electron chi connectivity index (χ4n) is 3.90. The van der Waals surface area contributed by atoms with Crippen molar-refractivity contribution in [2.45, 2.75) is 19.3 Å². The van der Waals surface area contributed by atoms with Gasteiger partial charge < -0.3 is 18.8 Å². The van der Waals surface area contributed by atoms with Crippen molar-refractivity contribution in [2.75, 3.05) is 44.8 Å². The van der Waals surface area contributed by atoms with Crippen LogP contribution in [0.3, 0.4) is 0 Å². The van der Waals surface area contributed by atoms with Crippen LogP contribution in [0, 0.1) is 11.3 Å². The van der Waals surface area contributed by atoms with E-state index in [-0.39, 0.29) is 0 Å². The lowest BCUT2D eigenvalue weighted by atomic mass is 10.2. The number of benzene rings is 2. The maximum atomic E-state index is 12.4. The number of nitrogens with one attached hydrogen (secondary N) is 1. The van der Waals surface area contributed by atoms with Crippen molar-refractivity contribution in [3.63, 3.8) is 0 Å². The molecule has 36 heavy (non-hydrogen) atoms. The van der Waals surface area contributed by atoms with Crippen LogP contribution in [0.25, 0.3) is 5.69 Å². The Morgan fingerprint density at radius 3 is 2.67 bits per heavy atom. The summed E-state index contributed by atoms with van der Waals surface area (Å²) >= 11 is 5.93. The summed E-state index contributed by atoms with van der Waals surface area (Å²) in [6.07, 6.45) is 5.92. The number of nitrogens with zero attached hydrogens (tertiary/aromatic N) is 3. The van der Waals surface area contributed by atoms with Gasteiger partial charge in [-0.05, 0) is 74.3 Å². The maximum absolute atomic E-state index is 12.4. The summed E-state index contributed by atoms with van der Waals surface area (Å²) in [5.41, 5.74) is 1.70. The summed E-state index contributed by atoms with van der Waals surface area (Å²) in [6.45, 7) is 5.27. The predicted molar refractivity (Wildman–Crippen MR) is 138 cm³/mol. The number of rotatable bonds is 10. The van der Waals surface area contributed by atoms with Gasteiger partial charge in [0.05, 0.1) is 31.6 Å². The number of carbonyl (C=O) groups is 1. The predicted octanol–water partition coefficient (Wildman–Crippen LogP) is 5.49. The van der Waals surface area contributed by atoms with E-state index < -0.39 is 6.09 Å². The fraction of sp³-hybridized carbons (Fsp3) is 0.333. The van der Waals surface area contributed by atoms with E-state index in [0.717, 1.165) is 57.8 Å². The first-order valence-electron chi connectivity index (χ1n) is 12.0. The number of amides is 1. The first-order valence-corrected chi connectivity index (χ1v) is 12.4. The number of unbranched alkanes of at least 4 members (excludes halogenated alkanes) is 2. The normalized spacial score (nSPS) is 13.7. The third-order valence-corrected chi connectivity index (χ3v) is 6.08. The lowest BCUT2D eigenvalue weighted by molar-refractivity contribution is 0.0370. The third kappa shape index (κ3) is 7.49. The van der Waals surface area contributed by atoms with Crippen LogP contribution in [0.5, 0.6) is 11.5 Å². The minimum Gasteiger partial charge on any atom is -0.492 e. The molecule has 1 aliphatic heterocycles. The monoisotopic (exact) mass is 508 g/mol. The Morgan fingerprint density at radius 2 is 1.89 bits per heavy atom. The zero-order chi connectivity index (χ0) is 25.2. The van der Waals surface area contributed by atoms with Gasteiger partial charge in [0.15, 0.2) is 5.75 Å². The third-order valence-electron chi connectivity index (χ3n) is 5.83. The van der Waals surface area contributed by atoms with Crippen LogP contribution in [0.2, 0.25) is 5.02 Å². The van der Waals surface area contributed by atoms with E-state index in [0.29, 0.717) is 34.4 Å². The van der Waals surface area contributed by atoms with Crippen LogP contribution in [-0.2, 0) is 4.74 Å². The van der Waals surface area contributed by atoms with Gasteiger partial charge in [-0.15, -0.1) is 0 Å². The first kappa shape index (κ1) is 25.6. The zero-order valence-corrected chi connectivity index (χ0v) is 20.7. The fourth-order valence-corrected chi connectivity index (χ4v) is 4.03. The molecule has 3 aromatic rings. The number of anilines is 1. The second-order valence-electron chi connectivity index (χ2n) is 8.43. The molecule has 1 fully saturated rings. The molecule has 8 nitrogen and oxygen atoms in total. The van der Waals surface area contributed by atoms with Crippen molar-refractivity contribution in [3.8, 4) is 23.3 Å². The van der Waals surface area contributed by atoms with Crippen LogP contribution >= 0.6 is 11.6 Å². The highest BCUT2D eigenvalue weighted by molar-refractivity contribution is 6.30. The lowest BCUT2D eigenvalue weighted by Gasteiger charge is -2.26. The molecule has 188 valence electrons. The van der Waals surface area contributed by atoms with Crippen molar-refractivity contribution in [3.05, 3.63) is 71.5 Å². The Bertz CT molecular complexity index is 1180. The molecule has 0 saturated carbocycles. The van der Waals surface area contributed by atoms with Gasteiger partial charge in [0.1, 0.15) is 11.8 Å². The molecule has 4 rings (SSSR count). The average molecular weight is 509 g/mol. The number of hydrogen-bond acceptors (Lipinski definition) is 6. The number of nitriles is 1. The van der Waals surface area contributed by atoms with Crippen LogP contribution in [0.15, 0.2) is 60.9 Å². The van der Waals surface area contributed by atoms with Crippen molar-refractivity contribution in [1.29, 1.82) is 5.26 Å². The number of aromatic nitrogens is 1. The highest BCUT2D eigenvalue weighted by Gasteiger charge is 2.11. The summed E-state index contributed by atoms with van der Waals surface area (Å²) in [5.74, 6) is 0.890. The van der Waals surface area contributed by atoms with Crippen molar-refractivity contribution in [1.82, 2.24) is 9.47 Å². The molecule has 2 heterocycles. The SMILES string of the molecule is N#Cc1cc(NC(=O)Oc2ccn(-c3ccc(Cl)cc3)c2)ccc1OCCCCCN1CCOCC1. The van der Waals surface area contributed by atoms with Crippen molar-refractivity contribution in [2.24, 2.45) is 0 Å². The summed E-state index contributed by atoms with van der Waals surface area (Å²) in [4.78, 5) is 14.8. The largest absolute Gasteiger partial charge is 0.492 e. The quantitative estimate of drug-likeness (QED) is 0.364. The molecule has 0 spiro atoms. The van der Waals surface area contributed by atoms with E-state index in [9.17, 15) is 10.1 Å². The number of halogens is 1. The summed E-state index contributed by atoms with van der Waals surface area (Å²) < 4.78 is 18.4. The Hall–Kier alpha value is -3.51. The lowest BCUT2D eigenvalue weighted by Crippen LogP contribution is -2.36. The van der Waals surface area contributed by atoms with E-state index >= 15 is 0 Å². The van der Waals surface area contributed by atoms with Gasteiger partial charge in [0, 0.05) is 35.7 Å². The maximum Gasteiger partial charge on any atom is 0.417 e. The number of morpholine rings is 1. The first-order chi connectivity index (χ1) is 17.6.